The van der Waals surface area contributed by atoms with Gasteiger partial charge in [-0.1, -0.05) is 42.5 Å². The lowest BCUT2D eigenvalue weighted by Crippen LogP contribution is -2.50. The fourth-order valence-corrected chi connectivity index (χ4v) is 5.62. The van der Waals surface area contributed by atoms with Crippen LogP contribution in [0.2, 0.25) is 0 Å². The van der Waals surface area contributed by atoms with E-state index in [0.29, 0.717) is 17.7 Å². The number of fused-ring (bicyclic) bond motifs is 4. The number of benzene rings is 2. The van der Waals surface area contributed by atoms with E-state index < -0.39 is 104 Å². The Bertz CT molecular complexity index is 1870. The largest absolute Gasteiger partial charge is 0.523 e. The number of nitrogens with one attached hydrogen (secondary N) is 1. The van der Waals surface area contributed by atoms with Gasteiger partial charge in [-0.05, 0) is 12.5 Å². The van der Waals surface area contributed by atoms with Gasteiger partial charge >= 0.3 is 15.6 Å². The Labute approximate surface area is 257 Å². The molecule has 0 aliphatic carbocycles. The van der Waals surface area contributed by atoms with E-state index in [4.69, 9.17) is 4.74 Å². The molecule has 1 aromatic heterocycles. The molecule has 2 bridgehead atoms. The second-order valence-electron chi connectivity index (χ2n) is 10.4. The summed E-state index contributed by atoms with van der Waals surface area (Å²) < 4.78 is 117. The van der Waals surface area contributed by atoms with Gasteiger partial charge in [-0.25, -0.2) is 13.2 Å². The molecule has 0 unspecified atom stereocenters. The molecular weight excluding hydrogens is 648 g/mol. The van der Waals surface area contributed by atoms with Crippen LogP contribution in [-0.4, -0.2) is 53.9 Å². The molecule has 2 aromatic carbocycles. The highest BCUT2D eigenvalue weighted by Gasteiger charge is 2.51. The Morgan fingerprint density at radius 3 is 2.33 bits per heavy atom. The maximum atomic E-state index is 14.2. The summed E-state index contributed by atoms with van der Waals surface area (Å²) in [4.78, 5) is 41.9. The third kappa shape index (κ3) is 6.24. The number of hydrogen-bond acceptors (Lipinski definition) is 7. The lowest BCUT2D eigenvalue weighted by atomic mass is 10.0. The maximum Gasteiger partial charge on any atom is 0.523 e. The third-order valence-electron chi connectivity index (χ3n) is 7.37. The first-order valence-electron chi connectivity index (χ1n) is 13.5. The van der Waals surface area contributed by atoms with Gasteiger partial charge in [0, 0.05) is 43.0 Å². The maximum absolute atomic E-state index is 14.2. The van der Waals surface area contributed by atoms with E-state index in [9.17, 15) is 49.1 Å². The number of carbonyl (C=O) groups excluding carboxylic acids is 2. The van der Waals surface area contributed by atoms with Gasteiger partial charge in [0.05, 0.1) is 6.04 Å². The Morgan fingerprint density at radius 1 is 1.04 bits per heavy atom. The van der Waals surface area contributed by atoms with Gasteiger partial charge < -0.3 is 19.5 Å². The van der Waals surface area contributed by atoms with Crippen LogP contribution < -0.4 is 15.5 Å². The molecule has 0 fully saturated rings. The van der Waals surface area contributed by atoms with Crippen molar-refractivity contribution in [3.8, 4) is 5.75 Å². The van der Waals surface area contributed by atoms with E-state index in [-0.39, 0.29) is 6.61 Å². The number of hydrogen-bond donors (Lipinski definition) is 1. The summed E-state index contributed by atoms with van der Waals surface area (Å²) in [6.45, 7) is -0.0790. The van der Waals surface area contributed by atoms with Crippen molar-refractivity contribution in [3.63, 3.8) is 0 Å². The van der Waals surface area contributed by atoms with E-state index in [2.05, 4.69) is 9.50 Å². The van der Waals surface area contributed by atoms with Gasteiger partial charge in [-0.3, -0.25) is 18.6 Å². The Kier molecular flexibility index (Phi) is 8.74. The molecule has 3 heterocycles. The van der Waals surface area contributed by atoms with Crippen molar-refractivity contribution in [3.05, 3.63) is 111 Å². The minimum Gasteiger partial charge on any atom is -0.483 e. The molecule has 3 aromatic rings. The Morgan fingerprint density at radius 2 is 1.70 bits per heavy atom. The van der Waals surface area contributed by atoms with Crippen LogP contribution in [0.15, 0.2) is 65.6 Å². The van der Waals surface area contributed by atoms with Crippen molar-refractivity contribution in [2.24, 2.45) is 0 Å². The summed E-state index contributed by atoms with van der Waals surface area (Å²) in [6, 6.07) is 6.76. The molecule has 2 aliphatic rings. The molecule has 46 heavy (non-hydrogen) atoms. The number of ether oxygens (including phenoxy) is 1. The lowest BCUT2D eigenvalue weighted by molar-refractivity contribution is -0.0577. The van der Waals surface area contributed by atoms with Crippen molar-refractivity contribution < 1.29 is 53.3 Å². The first kappa shape index (κ1) is 32.7. The summed E-state index contributed by atoms with van der Waals surface area (Å²) in [5, 5.41) is 2.13. The van der Waals surface area contributed by atoms with Crippen molar-refractivity contribution >= 4 is 21.9 Å². The van der Waals surface area contributed by atoms with Crippen molar-refractivity contribution in [2.45, 2.75) is 43.8 Å². The van der Waals surface area contributed by atoms with Crippen LogP contribution in [0, 0.1) is 17.5 Å². The molecule has 5 rings (SSSR count). The molecule has 10 nitrogen and oxygen atoms in total. The first-order chi connectivity index (χ1) is 21.6. The highest BCUT2D eigenvalue weighted by molar-refractivity contribution is 7.87. The average Bonchev–Trinajstić information content (AvgIpc) is 3.11. The highest BCUT2D eigenvalue weighted by atomic mass is 32.2. The predicted molar refractivity (Wildman–Crippen MR) is 147 cm³/mol. The summed E-state index contributed by atoms with van der Waals surface area (Å²) >= 11 is 0. The van der Waals surface area contributed by atoms with Crippen LogP contribution >= 0.6 is 0 Å². The second kappa shape index (κ2) is 12.3. The van der Waals surface area contributed by atoms with E-state index in [0.717, 1.165) is 21.7 Å². The first-order valence-corrected chi connectivity index (χ1v) is 14.9. The van der Waals surface area contributed by atoms with Gasteiger partial charge in [0.15, 0.2) is 11.4 Å². The topological polar surface area (TPSA) is 124 Å². The molecule has 0 spiro atoms. The SMILES string of the molecule is C[C@H]1C=C[C@H](OS(=O)(=O)C(F)(F)F)[C@H]2CN1C(=O)c1c(OCc3ccccc3)c(=O)c(C(=O)NCc3c(F)cc(F)cc3F)cn12. The summed E-state index contributed by atoms with van der Waals surface area (Å²) in [5.41, 5.74) is -8.45. The zero-order valence-electron chi connectivity index (χ0n) is 23.6. The van der Waals surface area contributed by atoms with E-state index in [1.54, 1.807) is 30.3 Å². The van der Waals surface area contributed by atoms with Gasteiger partial charge in [0.1, 0.15) is 35.7 Å². The number of alkyl halides is 3. The molecule has 0 saturated heterocycles. The number of rotatable bonds is 8. The minimum absolute atomic E-state index is 0.311. The van der Waals surface area contributed by atoms with E-state index in [1.807, 2.05) is 0 Å². The summed E-state index contributed by atoms with van der Waals surface area (Å²) in [7, 11) is -6.16. The molecule has 0 saturated carbocycles. The predicted octanol–water partition coefficient (Wildman–Crippen LogP) is 3.96. The van der Waals surface area contributed by atoms with Gasteiger partial charge in [0.25, 0.3) is 11.8 Å². The Balaban J connectivity index is 1.62. The molecule has 3 atom stereocenters. The Hall–Kier alpha value is -4.64. The average molecular weight is 672 g/mol. The number of nitrogens with zero attached hydrogens (tertiary/aromatic N) is 2. The fraction of sp³-hybridized carbons (Fsp3) is 0.276. The van der Waals surface area contributed by atoms with Crippen LogP contribution in [0.4, 0.5) is 26.3 Å². The van der Waals surface area contributed by atoms with Gasteiger partial charge in [-0.15, -0.1) is 0 Å². The molecule has 2 aliphatic heterocycles. The standard InChI is InChI=1S/C29H23F6N3O7S/c1-15-7-8-23(45-46(42,43)29(33,34)35)22-13-37(15)28(41)24-26(44-14-16-5-3-2-4-6-16)25(39)19(12-38(22)24)27(40)36-11-18-20(31)9-17(30)10-21(18)32/h2-10,12,15,22-23H,11,13-14H2,1H3,(H,36,40)/t15-,22+,23-/m0/s1. The number of pyridine rings is 1. The second-order valence-corrected chi connectivity index (χ2v) is 11.9. The van der Waals surface area contributed by atoms with Crippen molar-refractivity contribution in [2.75, 3.05) is 6.54 Å². The molecule has 1 N–H and O–H groups in total. The number of carbonyl (C=O) groups is 2. The highest BCUT2D eigenvalue weighted by Crippen LogP contribution is 2.36. The summed E-state index contributed by atoms with van der Waals surface area (Å²) in [6.07, 6.45) is 1.19. The monoisotopic (exact) mass is 671 g/mol. The molecule has 244 valence electrons. The molecule has 0 radical (unpaired) electrons. The third-order valence-corrected chi connectivity index (χ3v) is 8.41. The van der Waals surface area contributed by atoms with E-state index >= 15 is 0 Å². The lowest BCUT2D eigenvalue weighted by Gasteiger charge is -2.39. The minimum atomic E-state index is -6.16. The van der Waals surface area contributed by atoms with Crippen LogP contribution in [0.3, 0.4) is 0 Å². The number of amides is 2. The van der Waals surface area contributed by atoms with Crippen LogP contribution in [-0.2, 0) is 27.5 Å². The van der Waals surface area contributed by atoms with Gasteiger partial charge in [0.2, 0.25) is 5.43 Å². The van der Waals surface area contributed by atoms with Crippen LogP contribution in [0.1, 0.15) is 44.9 Å². The number of halogens is 6. The van der Waals surface area contributed by atoms with E-state index in [1.165, 1.54) is 13.0 Å². The normalized spacial score (nSPS) is 19.4. The molecule has 17 heteroatoms. The molecular formula is C29H23F6N3O7S. The number of aromatic nitrogens is 1. The zero-order valence-corrected chi connectivity index (χ0v) is 24.4. The molecule has 2 amide bonds. The quantitative estimate of drug-likeness (QED) is 0.167. The van der Waals surface area contributed by atoms with Crippen molar-refractivity contribution in [1.82, 2.24) is 14.8 Å². The summed E-state index contributed by atoms with van der Waals surface area (Å²) in [5.74, 6) is -6.64. The smallest absolute Gasteiger partial charge is 0.483 e. The zero-order chi connectivity index (χ0) is 33.6. The van der Waals surface area contributed by atoms with Crippen molar-refractivity contribution in [1.29, 1.82) is 0 Å². The fourth-order valence-electron chi connectivity index (χ4n) is 5.03. The van der Waals surface area contributed by atoms with Crippen LogP contribution in [0.5, 0.6) is 5.75 Å². The van der Waals surface area contributed by atoms with Crippen LogP contribution in [0.25, 0.3) is 0 Å². The van der Waals surface area contributed by atoms with Gasteiger partial charge in [-0.2, -0.15) is 21.6 Å².